The Bertz CT molecular complexity index is 613. The van der Waals surface area contributed by atoms with Gasteiger partial charge in [-0.1, -0.05) is 48.5 Å². The summed E-state index contributed by atoms with van der Waals surface area (Å²) in [5, 5.41) is 11.0. The Hall–Kier alpha value is -2.66. The molecule has 108 valence electrons. The Morgan fingerprint density at radius 2 is 1.52 bits per heavy atom. The Balaban J connectivity index is 2.28. The number of hydrogen-bond acceptors (Lipinski definition) is 4. The van der Waals surface area contributed by atoms with E-state index >= 15 is 0 Å². The number of rotatable bonds is 3. The molecule has 21 heavy (non-hydrogen) atoms. The maximum atomic E-state index is 12.4. The van der Waals surface area contributed by atoms with E-state index in [-0.39, 0.29) is 0 Å². The van der Waals surface area contributed by atoms with Crippen molar-refractivity contribution in [3.8, 4) is 0 Å². The summed E-state index contributed by atoms with van der Waals surface area (Å²) in [6.45, 7) is 1.19. The number of carbonyl (C=O) groups excluding carboxylic acids is 2. The summed E-state index contributed by atoms with van der Waals surface area (Å²) in [6.07, 6.45) is -1.41. The smallest absolute Gasteiger partial charge is 0.330 e. The van der Waals surface area contributed by atoms with E-state index in [9.17, 15) is 14.7 Å². The predicted octanol–water partition coefficient (Wildman–Crippen LogP) is 2.23. The molecule has 0 aliphatic rings. The van der Waals surface area contributed by atoms with Gasteiger partial charge in [0.1, 0.15) is 0 Å². The molecular formula is C16H15NO4. The van der Waals surface area contributed by atoms with Crippen molar-refractivity contribution in [1.82, 2.24) is 0 Å². The number of aliphatic hydroxyl groups is 1. The van der Waals surface area contributed by atoms with Crippen LogP contribution < -0.4 is 5.06 Å². The molecule has 5 nitrogen and oxygen atoms in total. The molecule has 0 aromatic heterocycles. The second-order valence-corrected chi connectivity index (χ2v) is 4.36. The van der Waals surface area contributed by atoms with Gasteiger partial charge in [0.05, 0.1) is 5.69 Å². The molecule has 2 aromatic carbocycles. The highest BCUT2D eigenvalue weighted by Crippen LogP contribution is 2.21. The van der Waals surface area contributed by atoms with E-state index in [1.165, 1.54) is 6.92 Å². The minimum absolute atomic E-state index is 0.368. The highest BCUT2D eigenvalue weighted by Gasteiger charge is 2.27. The van der Waals surface area contributed by atoms with E-state index in [2.05, 4.69) is 0 Å². The molecule has 1 amide bonds. The van der Waals surface area contributed by atoms with Crippen LogP contribution >= 0.6 is 0 Å². The van der Waals surface area contributed by atoms with Gasteiger partial charge >= 0.3 is 5.97 Å². The molecule has 0 saturated heterocycles. The van der Waals surface area contributed by atoms with E-state index in [1.807, 2.05) is 0 Å². The van der Waals surface area contributed by atoms with Crippen molar-refractivity contribution in [3.05, 3.63) is 66.2 Å². The molecule has 0 aliphatic heterocycles. The molecule has 0 radical (unpaired) electrons. The van der Waals surface area contributed by atoms with Gasteiger partial charge < -0.3 is 9.94 Å². The standard InChI is InChI=1S/C16H15NO4/c1-12(18)21-17(14-10-6-3-7-11-14)16(20)15(19)13-8-4-2-5-9-13/h2-11,15,19H,1H3. The lowest BCUT2D eigenvalue weighted by molar-refractivity contribution is -0.151. The van der Waals surface area contributed by atoms with Gasteiger partial charge in [0.15, 0.2) is 6.10 Å². The van der Waals surface area contributed by atoms with Gasteiger partial charge in [-0.3, -0.25) is 4.79 Å². The van der Waals surface area contributed by atoms with Crippen molar-refractivity contribution in [2.45, 2.75) is 13.0 Å². The van der Waals surface area contributed by atoms with Gasteiger partial charge in [-0.2, -0.15) is 0 Å². The van der Waals surface area contributed by atoms with Crippen LogP contribution in [0.1, 0.15) is 18.6 Å². The molecule has 1 N–H and O–H groups in total. The monoisotopic (exact) mass is 285 g/mol. The minimum Gasteiger partial charge on any atom is -0.378 e. The Morgan fingerprint density at radius 1 is 1.00 bits per heavy atom. The highest BCUT2D eigenvalue weighted by molar-refractivity contribution is 5.96. The fourth-order valence-electron chi connectivity index (χ4n) is 1.81. The van der Waals surface area contributed by atoms with Gasteiger partial charge in [0.25, 0.3) is 5.91 Å². The Labute approximate surface area is 122 Å². The maximum absolute atomic E-state index is 12.4. The van der Waals surface area contributed by atoms with Gasteiger partial charge in [-0.25, -0.2) is 4.79 Å². The number of nitrogens with zero attached hydrogens (tertiary/aromatic N) is 1. The molecule has 2 rings (SSSR count). The number of aliphatic hydroxyl groups excluding tert-OH is 1. The predicted molar refractivity (Wildman–Crippen MR) is 77.1 cm³/mol. The van der Waals surface area contributed by atoms with E-state index < -0.39 is 18.0 Å². The average Bonchev–Trinajstić information content (AvgIpc) is 2.53. The molecule has 0 aliphatic carbocycles. The number of hydroxylamine groups is 1. The molecule has 5 heteroatoms. The number of anilines is 1. The van der Waals surface area contributed by atoms with Gasteiger partial charge in [-0.05, 0) is 17.7 Å². The molecule has 2 aromatic rings. The summed E-state index contributed by atoms with van der Waals surface area (Å²) < 4.78 is 0. The third kappa shape index (κ3) is 3.67. The summed E-state index contributed by atoms with van der Waals surface area (Å²) in [7, 11) is 0. The third-order valence-corrected chi connectivity index (χ3v) is 2.76. The fraction of sp³-hybridized carbons (Fsp3) is 0.125. The van der Waals surface area contributed by atoms with Crippen LogP contribution in [0.4, 0.5) is 5.69 Å². The molecule has 0 spiro atoms. The lowest BCUT2D eigenvalue weighted by Gasteiger charge is -2.23. The van der Waals surface area contributed by atoms with E-state index in [4.69, 9.17) is 4.84 Å². The first kappa shape index (κ1) is 14.7. The van der Waals surface area contributed by atoms with Crippen molar-refractivity contribution >= 4 is 17.6 Å². The number of para-hydroxylation sites is 1. The molecule has 1 unspecified atom stereocenters. The van der Waals surface area contributed by atoms with Crippen molar-refractivity contribution in [1.29, 1.82) is 0 Å². The van der Waals surface area contributed by atoms with Crippen LogP contribution in [-0.2, 0) is 14.4 Å². The third-order valence-electron chi connectivity index (χ3n) is 2.76. The van der Waals surface area contributed by atoms with Crippen molar-refractivity contribution in [2.24, 2.45) is 0 Å². The normalized spacial score (nSPS) is 11.5. The van der Waals surface area contributed by atoms with Crippen molar-refractivity contribution in [2.75, 3.05) is 5.06 Å². The first-order valence-corrected chi connectivity index (χ1v) is 6.40. The minimum atomic E-state index is -1.41. The number of benzene rings is 2. The van der Waals surface area contributed by atoms with Crippen molar-refractivity contribution < 1.29 is 19.5 Å². The average molecular weight is 285 g/mol. The number of hydrogen-bond donors (Lipinski definition) is 1. The first-order chi connectivity index (χ1) is 10.1. The molecule has 0 heterocycles. The zero-order valence-electron chi connectivity index (χ0n) is 11.5. The van der Waals surface area contributed by atoms with Crippen LogP contribution in [0.25, 0.3) is 0 Å². The summed E-state index contributed by atoms with van der Waals surface area (Å²) in [5.41, 5.74) is 0.795. The largest absolute Gasteiger partial charge is 0.378 e. The quantitative estimate of drug-likeness (QED) is 0.878. The Kier molecular flexibility index (Phi) is 4.68. The Morgan fingerprint density at radius 3 is 2.05 bits per heavy atom. The van der Waals surface area contributed by atoms with Crippen molar-refractivity contribution in [3.63, 3.8) is 0 Å². The summed E-state index contributed by atoms with van der Waals surface area (Å²) >= 11 is 0. The summed E-state index contributed by atoms with van der Waals surface area (Å²) in [6, 6.07) is 16.8. The van der Waals surface area contributed by atoms with Crippen LogP contribution in [0, 0.1) is 0 Å². The molecular weight excluding hydrogens is 270 g/mol. The highest BCUT2D eigenvalue weighted by atomic mass is 16.7. The van der Waals surface area contributed by atoms with Gasteiger partial charge in [0.2, 0.25) is 0 Å². The maximum Gasteiger partial charge on any atom is 0.330 e. The van der Waals surface area contributed by atoms with Crippen LogP contribution in [0.15, 0.2) is 60.7 Å². The van der Waals surface area contributed by atoms with Gasteiger partial charge in [-0.15, -0.1) is 5.06 Å². The van der Waals surface area contributed by atoms with Gasteiger partial charge in [0, 0.05) is 6.92 Å². The molecule has 1 atom stereocenters. The fourth-order valence-corrected chi connectivity index (χ4v) is 1.81. The SMILES string of the molecule is CC(=O)ON(C(=O)C(O)c1ccccc1)c1ccccc1. The zero-order chi connectivity index (χ0) is 15.2. The molecule has 0 fully saturated rings. The molecule has 0 saturated carbocycles. The lowest BCUT2D eigenvalue weighted by atomic mass is 10.1. The second-order valence-electron chi connectivity index (χ2n) is 4.36. The second kappa shape index (κ2) is 6.67. The zero-order valence-corrected chi connectivity index (χ0v) is 11.5. The summed E-state index contributed by atoms with van der Waals surface area (Å²) in [4.78, 5) is 28.5. The number of amides is 1. The van der Waals surface area contributed by atoms with E-state index in [0.29, 0.717) is 11.3 Å². The summed E-state index contributed by atoms with van der Waals surface area (Å²) in [5.74, 6) is -1.38. The van der Waals surface area contributed by atoms with E-state index in [0.717, 1.165) is 5.06 Å². The van der Waals surface area contributed by atoms with Crippen LogP contribution in [0.3, 0.4) is 0 Å². The molecule has 0 bridgehead atoms. The lowest BCUT2D eigenvalue weighted by Crippen LogP contribution is -2.36. The first-order valence-electron chi connectivity index (χ1n) is 6.40. The van der Waals surface area contributed by atoms with Crippen LogP contribution in [-0.4, -0.2) is 17.0 Å². The van der Waals surface area contributed by atoms with Crippen LogP contribution in [0.2, 0.25) is 0 Å². The van der Waals surface area contributed by atoms with Crippen LogP contribution in [0.5, 0.6) is 0 Å². The number of carbonyl (C=O) groups is 2. The van der Waals surface area contributed by atoms with E-state index in [1.54, 1.807) is 60.7 Å². The topological polar surface area (TPSA) is 66.8 Å².